The van der Waals surface area contributed by atoms with Gasteiger partial charge < -0.3 is 32.7 Å². The van der Waals surface area contributed by atoms with Crippen LogP contribution < -0.4 is 32.7 Å². The summed E-state index contributed by atoms with van der Waals surface area (Å²) >= 11 is 0. The number of benzene rings is 1. The van der Waals surface area contributed by atoms with Gasteiger partial charge >= 0.3 is 0 Å². The molecule has 26 heavy (non-hydrogen) atoms. The van der Waals surface area contributed by atoms with Gasteiger partial charge in [0, 0.05) is 37.6 Å². The second-order valence-corrected chi connectivity index (χ2v) is 5.27. The molecule has 3 rings (SSSR count). The summed E-state index contributed by atoms with van der Waals surface area (Å²) in [5, 5.41) is 0. The second-order valence-electron chi connectivity index (χ2n) is 5.27. The largest absolute Gasteiger partial charge is 0.399 e. The van der Waals surface area contributed by atoms with E-state index in [0.29, 0.717) is 5.95 Å². The van der Waals surface area contributed by atoms with E-state index in [1.165, 1.54) is 0 Å². The highest BCUT2D eigenvalue weighted by atomic mass is 35.5. The standard InChI is InChI=1S/C14H20N8.4ClH/c15-9-1-3-10(4-2-9)21-5-7-22(8-6-21)14-19-12(17)11(16)13(18)20-14;;;;/h1-4H,5-8,15-16H2,(H4,17,18,19,20);4*1H. The van der Waals surface area contributed by atoms with Gasteiger partial charge in [0.1, 0.15) is 5.69 Å². The highest BCUT2D eigenvalue weighted by molar-refractivity contribution is 5.86. The number of anilines is 6. The molecule has 2 heterocycles. The smallest absolute Gasteiger partial charge is 0.229 e. The first-order valence-corrected chi connectivity index (χ1v) is 7.08. The molecule has 0 atom stereocenters. The lowest BCUT2D eigenvalue weighted by molar-refractivity contribution is 0.641. The highest BCUT2D eigenvalue weighted by Gasteiger charge is 2.20. The first-order chi connectivity index (χ1) is 10.5. The Hall–Kier alpha value is -1.74. The molecule has 2 aromatic rings. The molecule has 0 aliphatic carbocycles. The van der Waals surface area contributed by atoms with Gasteiger partial charge in [-0.05, 0) is 24.3 Å². The first-order valence-electron chi connectivity index (χ1n) is 7.08. The maximum absolute atomic E-state index is 5.76. The van der Waals surface area contributed by atoms with Crippen LogP contribution in [0.3, 0.4) is 0 Å². The van der Waals surface area contributed by atoms with E-state index in [2.05, 4.69) is 19.8 Å². The van der Waals surface area contributed by atoms with Gasteiger partial charge in [0.2, 0.25) is 5.95 Å². The monoisotopic (exact) mass is 444 g/mol. The zero-order chi connectivity index (χ0) is 15.7. The molecule has 1 aliphatic heterocycles. The SMILES string of the molecule is Cl.Cl.Cl.Cl.Nc1ccc(N2CCN(c3nc(N)c(N)c(N)n3)CC2)cc1. The Kier molecular flexibility index (Phi) is 11.3. The van der Waals surface area contributed by atoms with Crippen LogP contribution in [0.4, 0.5) is 34.6 Å². The van der Waals surface area contributed by atoms with Crippen molar-refractivity contribution in [1.29, 1.82) is 0 Å². The molecule has 8 N–H and O–H groups in total. The third-order valence-corrected chi connectivity index (χ3v) is 3.81. The molecule has 1 saturated heterocycles. The molecule has 0 amide bonds. The average Bonchev–Trinajstić information content (AvgIpc) is 2.53. The lowest BCUT2D eigenvalue weighted by Gasteiger charge is -2.36. The topological polar surface area (TPSA) is 136 Å². The number of hydrogen-bond acceptors (Lipinski definition) is 8. The molecule has 1 aliphatic rings. The van der Waals surface area contributed by atoms with Crippen molar-refractivity contribution in [3.05, 3.63) is 24.3 Å². The average molecular weight is 446 g/mol. The summed E-state index contributed by atoms with van der Waals surface area (Å²) in [7, 11) is 0. The maximum atomic E-state index is 5.76. The zero-order valence-corrected chi connectivity index (χ0v) is 17.1. The Balaban J connectivity index is 0. The van der Waals surface area contributed by atoms with Crippen LogP contribution in [0.25, 0.3) is 0 Å². The fourth-order valence-corrected chi connectivity index (χ4v) is 2.48. The predicted octanol–water partition coefficient (Wildman–Crippen LogP) is 1.82. The Labute approximate surface area is 177 Å². The first kappa shape index (κ1) is 26.5. The third-order valence-electron chi connectivity index (χ3n) is 3.81. The number of nitrogens with zero attached hydrogens (tertiary/aromatic N) is 4. The molecular weight excluding hydrogens is 422 g/mol. The number of rotatable bonds is 2. The van der Waals surface area contributed by atoms with Gasteiger partial charge in [-0.2, -0.15) is 9.97 Å². The van der Waals surface area contributed by atoms with Gasteiger partial charge in [0.05, 0.1) is 0 Å². The lowest BCUT2D eigenvalue weighted by Crippen LogP contribution is -2.47. The van der Waals surface area contributed by atoms with Crippen molar-refractivity contribution < 1.29 is 0 Å². The summed E-state index contributed by atoms with van der Waals surface area (Å²) in [6.45, 7) is 3.29. The van der Waals surface area contributed by atoms with E-state index in [9.17, 15) is 0 Å². The minimum Gasteiger partial charge on any atom is -0.399 e. The minimum absolute atomic E-state index is 0. The normalized spacial score (nSPS) is 12.8. The van der Waals surface area contributed by atoms with Crippen molar-refractivity contribution >= 4 is 84.3 Å². The van der Waals surface area contributed by atoms with E-state index in [0.717, 1.165) is 37.6 Å². The Morgan fingerprint density at radius 3 is 1.54 bits per heavy atom. The van der Waals surface area contributed by atoms with Crippen molar-refractivity contribution in [3.8, 4) is 0 Å². The fourth-order valence-electron chi connectivity index (χ4n) is 2.48. The van der Waals surface area contributed by atoms with Gasteiger partial charge in [-0.15, -0.1) is 49.6 Å². The van der Waals surface area contributed by atoms with E-state index >= 15 is 0 Å². The molecule has 0 unspecified atom stereocenters. The van der Waals surface area contributed by atoms with Crippen LogP contribution in [0.5, 0.6) is 0 Å². The molecule has 1 aromatic heterocycles. The van der Waals surface area contributed by atoms with E-state index in [-0.39, 0.29) is 67.0 Å². The van der Waals surface area contributed by atoms with Crippen LogP contribution in [0.2, 0.25) is 0 Å². The number of piperazine rings is 1. The lowest BCUT2D eigenvalue weighted by atomic mass is 10.2. The van der Waals surface area contributed by atoms with E-state index in [1.807, 2.05) is 24.3 Å². The molecule has 1 fully saturated rings. The summed E-state index contributed by atoms with van der Waals surface area (Å²) < 4.78 is 0. The van der Waals surface area contributed by atoms with Crippen LogP contribution in [-0.2, 0) is 0 Å². The summed E-state index contributed by atoms with van der Waals surface area (Å²) in [6, 6.07) is 7.87. The maximum Gasteiger partial charge on any atom is 0.229 e. The van der Waals surface area contributed by atoms with Crippen molar-refractivity contribution in [2.75, 3.05) is 58.9 Å². The Morgan fingerprint density at radius 1 is 0.654 bits per heavy atom. The van der Waals surface area contributed by atoms with E-state index in [4.69, 9.17) is 22.9 Å². The number of halogens is 4. The van der Waals surface area contributed by atoms with Crippen LogP contribution in [0.1, 0.15) is 0 Å². The minimum atomic E-state index is 0. The van der Waals surface area contributed by atoms with Gasteiger partial charge in [-0.25, -0.2) is 0 Å². The van der Waals surface area contributed by atoms with Crippen LogP contribution >= 0.6 is 49.6 Å². The molecule has 0 spiro atoms. The molecule has 8 nitrogen and oxygen atoms in total. The van der Waals surface area contributed by atoms with Gasteiger partial charge in [-0.3, -0.25) is 0 Å². The van der Waals surface area contributed by atoms with Gasteiger partial charge in [0.15, 0.2) is 11.6 Å². The summed E-state index contributed by atoms with van der Waals surface area (Å²) in [5.74, 6) is 0.980. The number of nitrogens with two attached hydrogens (primary N) is 4. The van der Waals surface area contributed by atoms with Crippen molar-refractivity contribution in [2.24, 2.45) is 0 Å². The Bertz CT molecular complexity index is 654. The molecule has 0 saturated carbocycles. The summed E-state index contributed by atoms with van der Waals surface area (Å²) in [4.78, 5) is 12.8. The van der Waals surface area contributed by atoms with Crippen molar-refractivity contribution in [3.63, 3.8) is 0 Å². The number of hydrogen-bond donors (Lipinski definition) is 4. The number of aromatic nitrogens is 2. The van der Waals surface area contributed by atoms with Crippen molar-refractivity contribution in [2.45, 2.75) is 0 Å². The zero-order valence-electron chi connectivity index (χ0n) is 13.9. The fraction of sp³-hybridized carbons (Fsp3) is 0.286. The number of nitrogen functional groups attached to an aromatic ring is 4. The predicted molar refractivity (Wildman–Crippen MR) is 120 cm³/mol. The summed E-state index contributed by atoms with van der Waals surface area (Å²) in [5.41, 5.74) is 25.1. The van der Waals surface area contributed by atoms with Gasteiger partial charge in [-0.1, -0.05) is 0 Å². The van der Waals surface area contributed by atoms with Gasteiger partial charge in [0.25, 0.3) is 0 Å². The van der Waals surface area contributed by atoms with Crippen LogP contribution in [0.15, 0.2) is 24.3 Å². The molecule has 0 bridgehead atoms. The molecule has 148 valence electrons. The van der Waals surface area contributed by atoms with E-state index < -0.39 is 0 Å². The molecular formula is C14H24Cl4N8. The van der Waals surface area contributed by atoms with Crippen molar-refractivity contribution in [1.82, 2.24) is 9.97 Å². The molecule has 12 heteroatoms. The second kappa shape index (κ2) is 11.1. The molecule has 1 aromatic carbocycles. The van der Waals surface area contributed by atoms with E-state index in [1.54, 1.807) is 0 Å². The molecule has 0 radical (unpaired) electrons. The Morgan fingerprint density at radius 2 is 1.08 bits per heavy atom. The van der Waals surface area contributed by atoms with Crippen LogP contribution in [-0.4, -0.2) is 36.1 Å². The highest BCUT2D eigenvalue weighted by Crippen LogP contribution is 2.24. The third kappa shape index (κ3) is 5.63. The summed E-state index contributed by atoms with van der Waals surface area (Å²) in [6.07, 6.45) is 0. The quantitative estimate of drug-likeness (QED) is 0.513. The van der Waals surface area contributed by atoms with Crippen LogP contribution in [0, 0.1) is 0 Å².